The van der Waals surface area contributed by atoms with E-state index in [0.717, 1.165) is 11.1 Å². The third kappa shape index (κ3) is 5.88. The molecule has 0 aliphatic rings. The smallest absolute Gasteiger partial charge is 0.224 e. The summed E-state index contributed by atoms with van der Waals surface area (Å²) in [5.74, 6) is -0.0739. The van der Waals surface area contributed by atoms with Crippen LogP contribution in [0, 0.1) is 0 Å². The van der Waals surface area contributed by atoms with Gasteiger partial charge in [-0.15, -0.1) is 0 Å². The van der Waals surface area contributed by atoms with Crippen molar-refractivity contribution in [2.75, 3.05) is 6.54 Å². The Labute approximate surface area is 140 Å². The largest absolute Gasteiger partial charge is 0.375 e. The fourth-order valence-electron chi connectivity index (χ4n) is 1.99. The Bertz CT molecular complexity index is 686. The van der Waals surface area contributed by atoms with Crippen LogP contribution in [0.4, 0.5) is 0 Å². The summed E-state index contributed by atoms with van der Waals surface area (Å²) in [5, 5.41) is 7.10. The van der Waals surface area contributed by atoms with E-state index in [9.17, 15) is 4.79 Å². The third-order valence-corrected chi connectivity index (χ3v) is 3.16. The molecule has 0 bridgehead atoms. The number of nitrogens with two attached hydrogens (primary N) is 1. The summed E-state index contributed by atoms with van der Waals surface area (Å²) in [5.41, 5.74) is 10.5. The van der Waals surface area contributed by atoms with E-state index in [1.165, 1.54) is 0 Å². The Balaban J connectivity index is 1.99. The Morgan fingerprint density at radius 3 is 2.26 bits per heavy atom. The number of hydrazone groups is 1. The van der Waals surface area contributed by atoms with Crippen LogP contribution in [0.15, 0.2) is 65.8 Å². The van der Waals surface area contributed by atoms with Gasteiger partial charge in [0, 0.05) is 0 Å². The van der Waals surface area contributed by atoms with E-state index in [4.69, 9.17) is 18.0 Å². The molecular formula is C17H18N4OS. The minimum absolute atomic E-state index is 0.0739. The van der Waals surface area contributed by atoms with Crippen LogP contribution in [0.25, 0.3) is 0 Å². The molecule has 0 aliphatic carbocycles. The highest BCUT2D eigenvalue weighted by molar-refractivity contribution is 7.80. The predicted octanol–water partition coefficient (Wildman–Crippen LogP) is 1.58. The lowest BCUT2D eigenvalue weighted by atomic mass is 10.1. The quantitative estimate of drug-likeness (QED) is 0.428. The summed E-state index contributed by atoms with van der Waals surface area (Å²) < 4.78 is 0. The summed E-state index contributed by atoms with van der Waals surface area (Å²) in [7, 11) is 0. The second kappa shape index (κ2) is 8.65. The second-order valence-corrected chi connectivity index (χ2v) is 5.28. The molecule has 0 unspecified atom stereocenters. The molecule has 1 amide bonds. The standard InChI is InChI=1S/C17H18N4OS/c18-17(23)21-20-15(14-9-5-2-6-10-14)12-19-16(22)11-13-7-3-1-4-8-13/h1-10H,11-12H2,(H,19,22)(H3,18,21,23)/b20-15-. The average Bonchev–Trinajstić information content (AvgIpc) is 2.56. The van der Waals surface area contributed by atoms with Crippen molar-refractivity contribution in [2.45, 2.75) is 6.42 Å². The van der Waals surface area contributed by atoms with Gasteiger partial charge in [0.15, 0.2) is 5.11 Å². The first-order valence-electron chi connectivity index (χ1n) is 7.13. The monoisotopic (exact) mass is 326 g/mol. The maximum Gasteiger partial charge on any atom is 0.224 e. The van der Waals surface area contributed by atoms with Gasteiger partial charge in [-0.3, -0.25) is 10.2 Å². The molecule has 2 aromatic carbocycles. The first-order valence-corrected chi connectivity index (χ1v) is 7.54. The van der Waals surface area contributed by atoms with Gasteiger partial charge in [0.1, 0.15) is 0 Å². The number of amides is 1. The molecule has 0 fully saturated rings. The van der Waals surface area contributed by atoms with Gasteiger partial charge in [0.2, 0.25) is 5.91 Å². The number of hydrogen-bond acceptors (Lipinski definition) is 3. The van der Waals surface area contributed by atoms with Crippen LogP contribution in [0.5, 0.6) is 0 Å². The number of nitrogens with zero attached hydrogens (tertiary/aromatic N) is 1. The van der Waals surface area contributed by atoms with E-state index in [0.29, 0.717) is 12.1 Å². The van der Waals surface area contributed by atoms with E-state index >= 15 is 0 Å². The number of hydrogen-bond donors (Lipinski definition) is 3. The van der Waals surface area contributed by atoms with Gasteiger partial charge in [-0.1, -0.05) is 60.7 Å². The van der Waals surface area contributed by atoms with Gasteiger partial charge in [-0.05, 0) is 23.3 Å². The van der Waals surface area contributed by atoms with Gasteiger partial charge < -0.3 is 11.1 Å². The van der Waals surface area contributed by atoms with Gasteiger partial charge in [-0.2, -0.15) is 5.10 Å². The minimum atomic E-state index is -0.0739. The Morgan fingerprint density at radius 1 is 1.04 bits per heavy atom. The molecule has 6 heteroatoms. The van der Waals surface area contributed by atoms with Crippen molar-refractivity contribution < 1.29 is 4.79 Å². The summed E-state index contributed by atoms with van der Waals surface area (Å²) in [4.78, 5) is 12.0. The van der Waals surface area contributed by atoms with E-state index in [2.05, 4.69) is 15.8 Å². The van der Waals surface area contributed by atoms with Crippen LogP contribution < -0.4 is 16.5 Å². The first-order chi connectivity index (χ1) is 11.1. The highest BCUT2D eigenvalue weighted by Gasteiger charge is 2.07. The maximum atomic E-state index is 12.0. The average molecular weight is 326 g/mol. The van der Waals surface area contributed by atoms with Crippen LogP contribution in [-0.4, -0.2) is 23.3 Å². The Kier molecular flexibility index (Phi) is 6.26. The molecule has 23 heavy (non-hydrogen) atoms. The summed E-state index contributed by atoms with van der Waals surface area (Å²) >= 11 is 4.76. The van der Waals surface area contributed by atoms with E-state index < -0.39 is 0 Å². The third-order valence-electron chi connectivity index (χ3n) is 3.07. The van der Waals surface area contributed by atoms with Crippen molar-refractivity contribution in [3.63, 3.8) is 0 Å². The SMILES string of the molecule is NC(=S)N/N=C(/CNC(=O)Cc1ccccc1)c1ccccc1. The summed E-state index contributed by atoms with van der Waals surface area (Å²) in [6.07, 6.45) is 0.325. The number of thiocarbonyl (C=S) groups is 1. The number of nitrogens with one attached hydrogen (secondary N) is 2. The molecule has 0 heterocycles. The highest BCUT2D eigenvalue weighted by Crippen LogP contribution is 2.02. The number of carbonyl (C=O) groups is 1. The van der Waals surface area contributed by atoms with Crippen molar-refractivity contribution in [3.8, 4) is 0 Å². The number of rotatable bonds is 6. The van der Waals surface area contributed by atoms with Crippen LogP contribution in [0.2, 0.25) is 0 Å². The molecule has 0 radical (unpaired) electrons. The lowest BCUT2D eigenvalue weighted by Crippen LogP contribution is -2.33. The minimum Gasteiger partial charge on any atom is -0.375 e. The Morgan fingerprint density at radius 2 is 1.65 bits per heavy atom. The van der Waals surface area contributed by atoms with Crippen molar-refractivity contribution in [3.05, 3.63) is 71.8 Å². The number of benzene rings is 2. The molecule has 0 atom stereocenters. The predicted molar refractivity (Wildman–Crippen MR) is 96.1 cm³/mol. The van der Waals surface area contributed by atoms with E-state index in [1.807, 2.05) is 60.7 Å². The topological polar surface area (TPSA) is 79.5 Å². The molecular weight excluding hydrogens is 308 g/mol. The maximum absolute atomic E-state index is 12.0. The summed E-state index contributed by atoms with van der Waals surface area (Å²) in [6.45, 7) is 0.283. The van der Waals surface area contributed by atoms with Crippen LogP contribution in [0.1, 0.15) is 11.1 Å². The van der Waals surface area contributed by atoms with Gasteiger partial charge in [0.05, 0.1) is 18.7 Å². The molecule has 5 nitrogen and oxygen atoms in total. The van der Waals surface area contributed by atoms with Crippen LogP contribution >= 0.6 is 12.2 Å². The van der Waals surface area contributed by atoms with Crippen molar-refractivity contribution >= 4 is 28.9 Å². The molecule has 4 N–H and O–H groups in total. The molecule has 0 aromatic heterocycles. The molecule has 2 rings (SSSR count). The Hall–Kier alpha value is -2.73. The van der Waals surface area contributed by atoms with Gasteiger partial charge in [-0.25, -0.2) is 0 Å². The van der Waals surface area contributed by atoms with E-state index in [1.54, 1.807) is 0 Å². The molecule has 118 valence electrons. The second-order valence-electron chi connectivity index (χ2n) is 4.84. The molecule has 0 saturated carbocycles. The fraction of sp³-hybridized carbons (Fsp3) is 0.118. The number of carbonyl (C=O) groups excluding carboxylic acids is 1. The van der Waals surface area contributed by atoms with Crippen LogP contribution in [0.3, 0.4) is 0 Å². The van der Waals surface area contributed by atoms with Crippen molar-refractivity contribution in [2.24, 2.45) is 10.8 Å². The molecule has 2 aromatic rings. The van der Waals surface area contributed by atoms with Gasteiger partial charge >= 0.3 is 0 Å². The zero-order valence-electron chi connectivity index (χ0n) is 12.5. The lowest BCUT2D eigenvalue weighted by Gasteiger charge is -2.09. The van der Waals surface area contributed by atoms with E-state index in [-0.39, 0.29) is 17.6 Å². The first kappa shape index (κ1) is 16.6. The van der Waals surface area contributed by atoms with Crippen molar-refractivity contribution in [1.29, 1.82) is 0 Å². The molecule has 0 aliphatic heterocycles. The van der Waals surface area contributed by atoms with Crippen molar-refractivity contribution in [1.82, 2.24) is 10.7 Å². The zero-order valence-corrected chi connectivity index (χ0v) is 13.3. The van der Waals surface area contributed by atoms with Crippen LogP contribution in [-0.2, 0) is 11.2 Å². The molecule has 0 spiro atoms. The fourth-order valence-corrected chi connectivity index (χ4v) is 2.03. The lowest BCUT2D eigenvalue weighted by molar-refractivity contribution is -0.120. The zero-order chi connectivity index (χ0) is 16.5. The molecule has 0 saturated heterocycles. The summed E-state index contributed by atoms with van der Waals surface area (Å²) in [6, 6.07) is 19.1. The van der Waals surface area contributed by atoms with Gasteiger partial charge in [0.25, 0.3) is 0 Å². The highest BCUT2D eigenvalue weighted by atomic mass is 32.1. The normalized spacial score (nSPS) is 10.9.